The molecule has 3 aromatic rings. The first-order valence-electron chi connectivity index (χ1n) is 9.61. The number of ether oxygens (including phenoxy) is 1. The van der Waals surface area contributed by atoms with Gasteiger partial charge in [0.1, 0.15) is 18.1 Å². The summed E-state index contributed by atoms with van der Waals surface area (Å²) in [4.78, 5) is 12.9. The summed E-state index contributed by atoms with van der Waals surface area (Å²) in [6.45, 7) is 9.06. The maximum absolute atomic E-state index is 12.9. The highest BCUT2D eigenvalue weighted by atomic mass is 16.5. The van der Waals surface area contributed by atoms with E-state index in [0.29, 0.717) is 18.8 Å². The Morgan fingerprint density at radius 2 is 1.86 bits per heavy atom. The number of carbonyl (C=O) groups is 1. The monoisotopic (exact) mass is 376 g/mol. The van der Waals surface area contributed by atoms with Gasteiger partial charge in [-0.1, -0.05) is 48.6 Å². The molecule has 0 atom stereocenters. The molecule has 146 valence electrons. The van der Waals surface area contributed by atoms with Crippen molar-refractivity contribution in [1.82, 2.24) is 9.88 Å². The van der Waals surface area contributed by atoms with Crippen LogP contribution in [0.2, 0.25) is 0 Å². The fraction of sp³-hybridized carbons (Fsp3) is 0.292. The van der Waals surface area contributed by atoms with Gasteiger partial charge in [0, 0.05) is 17.5 Å². The minimum Gasteiger partial charge on any atom is -0.488 e. The lowest BCUT2D eigenvalue weighted by Gasteiger charge is -2.21. The summed E-state index contributed by atoms with van der Waals surface area (Å²) >= 11 is 0. The Morgan fingerprint density at radius 1 is 1.11 bits per heavy atom. The van der Waals surface area contributed by atoms with Crippen LogP contribution in [0.3, 0.4) is 0 Å². The van der Waals surface area contributed by atoms with Gasteiger partial charge < -0.3 is 14.6 Å². The standard InChI is InChI=1S/C24H28N2O2/c1-5-6-15-26-20-13-10-14-22(28-17-18-11-8-7-9-12-18)19(20)16-21(26)23(27)25-24(2,3)4/h5-14,16H,15,17H2,1-4H3,(H,25,27)/b6-5-. The molecule has 1 aromatic heterocycles. The SMILES string of the molecule is C/C=C\Cn1c(C(=O)NC(C)(C)C)cc2c(OCc3ccccc3)cccc21. The van der Waals surface area contributed by atoms with Crippen LogP contribution < -0.4 is 10.1 Å². The number of carbonyl (C=O) groups excluding carboxylic acids is 1. The van der Waals surface area contributed by atoms with Gasteiger partial charge in [-0.3, -0.25) is 4.79 Å². The number of hydrogen-bond donors (Lipinski definition) is 1. The molecule has 0 aliphatic heterocycles. The normalized spacial score (nSPS) is 11.9. The second kappa shape index (κ2) is 8.34. The third kappa shape index (κ3) is 4.63. The first kappa shape index (κ1) is 19.7. The predicted molar refractivity (Wildman–Crippen MR) is 115 cm³/mol. The number of fused-ring (bicyclic) bond motifs is 1. The first-order valence-corrected chi connectivity index (χ1v) is 9.61. The van der Waals surface area contributed by atoms with Crippen LogP contribution in [-0.2, 0) is 13.2 Å². The van der Waals surface area contributed by atoms with E-state index in [0.717, 1.165) is 22.2 Å². The van der Waals surface area contributed by atoms with Gasteiger partial charge >= 0.3 is 0 Å². The van der Waals surface area contributed by atoms with E-state index >= 15 is 0 Å². The predicted octanol–water partition coefficient (Wildman–Crippen LogP) is 5.32. The van der Waals surface area contributed by atoms with Gasteiger partial charge in [-0.15, -0.1) is 0 Å². The van der Waals surface area contributed by atoms with Crippen LogP contribution >= 0.6 is 0 Å². The molecule has 2 aromatic carbocycles. The van der Waals surface area contributed by atoms with Gasteiger partial charge in [-0.05, 0) is 51.5 Å². The molecule has 0 aliphatic carbocycles. The molecule has 28 heavy (non-hydrogen) atoms. The summed E-state index contributed by atoms with van der Waals surface area (Å²) in [5.74, 6) is 0.701. The third-order valence-corrected chi connectivity index (χ3v) is 4.39. The Labute approximate surface area is 166 Å². The molecule has 0 saturated carbocycles. The summed E-state index contributed by atoms with van der Waals surface area (Å²) < 4.78 is 8.13. The van der Waals surface area contributed by atoms with Gasteiger partial charge in [0.2, 0.25) is 0 Å². The molecule has 1 heterocycles. The zero-order chi connectivity index (χ0) is 20.1. The van der Waals surface area contributed by atoms with E-state index in [1.54, 1.807) is 0 Å². The summed E-state index contributed by atoms with van der Waals surface area (Å²) in [6, 6.07) is 18.0. The van der Waals surface area contributed by atoms with Gasteiger partial charge in [0.25, 0.3) is 5.91 Å². The average Bonchev–Trinajstić information content (AvgIpc) is 3.03. The summed E-state index contributed by atoms with van der Waals surface area (Å²) in [5, 5.41) is 4.01. The van der Waals surface area contributed by atoms with Crippen molar-refractivity contribution in [2.24, 2.45) is 0 Å². The Kier molecular flexibility index (Phi) is 5.88. The lowest BCUT2D eigenvalue weighted by molar-refractivity contribution is 0.0911. The van der Waals surface area contributed by atoms with Crippen molar-refractivity contribution in [3.05, 3.63) is 78.0 Å². The summed E-state index contributed by atoms with van der Waals surface area (Å²) in [6.07, 6.45) is 4.04. The number of benzene rings is 2. The van der Waals surface area contributed by atoms with Crippen molar-refractivity contribution >= 4 is 16.8 Å². The number of nitrogens with one attached hydrogen (secondary N) is 1. The minimum absolute atomic E-state index is 0.0813. The van der Waals surface area contributed by atoms with Crippen LogP contribution in [0.4, 0.5) is 0 Å². The molecular formula is C24H28N2O2. The lowest BCUT2D eigenvalue weighted by atomic mass is 10.1. The molecule has 0 radical (unpaired) electrons. The van der Waals surface area contributed by atoms with E-state index in [9.17, 15) is 4.79 Å². The summed E-state index contributed by atoms with van der Waals surface area (Å²) in [5.41, 5.74) is 2.44. The Morgan fingerprint density at radius 3 is 2.54 bits per heavy atom. The van der Waals surface area contributed by atoms with Crippen LogP contribution in [0, 0.1) is 0 Å². The van der Waals surface area contributed by atoms with Gasteiger partial charge in [0.05, 0.1) is 5.52 Å². The van der Waals surface area contributed by atoms with Crippen LogP contribution in [0.25, 0.3) is 10.9 Å². The Hall–Kier alpha value is -3.01. The van der Waals surface area contributed by atoms with E-state index in [1.807, 2.05) is 99.0 Å². The molecule has 3 rings (SSSR count). The molecule has 0 spiro atoms. The first-order chi connectivity index (χ1) is 13.4. The van der Waals surface area contributed by atoms with E-state index in [2.05, 4.69) is 5.32 Å². The molecule has 1 amide bonds. The number of aromatic nitrogens is 1. The number of rotatable bonds is 6. The van der Waals surface area contributed by atoms with Crippen molar-refractivity contribution in [1.29, 1.82) is 0 Å². The smallest absolute Gasteiger partial charge is 0.268 e. The maximum Gasteiger partial charge on any atom is 0.268 e. The molecule has 0 aliphatic rings. The van der Waals surface area contributed by atoms with Crippen molar-refractivity contribution in [3.63, 3.8) is 0 Å². The highest BCUT2D eigenvalue weighted by molar-refractivity contribution is 6.00. The zero-order valence-corrected chi connectivity index (χ0v) is 17.0. The van der Waals surface area contributed by atoms with Crippen LogP contribution in [0.15, 0.2) is 66.7 Å². The van der Waals surface area contributed by atoms with E-state index < -0.39 is 0 Å². The van der Waals surface area contributed by atoms with E-state index in [4.69, 9.17) is 4.74 Å². The minimum atomic E-state index is -0.300. The third-order valence-electron chi connectivity index (χ3n) is 4.39. The molecule has 0 saturated heterocycles. The molecule has 4 heteroatoms. The number of amides is 1. The molecule has 0 unspecified atom stereocenters. The largest absolute Gasteiger partial charge is 0.488 e. The van der Waals surface area contributed by atoms with Crippen molar-refractivity contribution < 1.29 is 9.53 Å². The van der Waals surface area contributed by atoms with Crippen LogP contribution in [-0.4, -0.2) is 16.0 Å². The van der Waals surface area contributed by atoms with Crippen molar-refractivity contribution in [2.45, 2.75) is 46.4 Å². The van der Waals surface area contributed by atoms with E-state index in [-0.39, 0.29) is 11.4 Å². The Bertz CT molecular complexity index is 979. The second-order valence-corrected chi connectivity index (χ2v) is 7.88. The number of nitrogens with zero attached hydrogens (tertiary/aromatic N) is 1. The zero-order valence-electron chi connectivity index (χ0n) is 17.0. The molecular weight excluding hydrogens is 348 g/mol. The highest BCUT2D eigenvalue weighted by Gasteiger charge is 2.21. The fourth-order valence-electron chi connectivity index (χ4n) is 3.12. The topological polar surface area (TPSA) is 43.3 Å². The van der Waals surface area contributed by atoms with Gasteiger partial charge in [-0.25, -0.2) is 0 Å². The Balaban J connectivity index is 1.99. The number of allylic oxidation sites excluding steroid dienone is 2. The molecule has 0 bridgehead atoms. The lowest BCUT2D eigenvalue weighted by Crippen LogP contribution is -2.41. The fourth-order valence-corrected chi connectivity index (χ4v) is 3.12. The van der Waals surface area contributed by atoms with Crippen LogP contribution in [0.5, 0.6) is 5.75 Å². The molecule has 0 fully saturated rings. The highest BCUT2D eigenvalue weighted by Crippen LogP contribution is 2.30. The number of hydrogen-bond acceptors (Lipinski definition) is 2. The average molecular weight is 377 g/mol. The van der Waals surface area contributed by atoms with E-state index in [1.165, 1.54) is 0 Å². The molecule has 1 N–H and O–H groups in total. The van der Waals surface area contributed by atoms with Crippen molar-refractivity contribution in [2.75, 3.05) is 0 Å². The van der Waals surface area contributed by atoms with Gasteiger partial charge in [-0.2, -0.15) is 0 Å². The quantitative estimate of drug-likeness (QED) is 0.591. The molecule has 4 nitrogen and oxygen atoms in total. The second-order valence-electron chi connectivity index (χ2n) is 7.88. The van der Waals surface area contributed by atoms with Crippen molar-refractivity contribution in [3.8, 4) is 5.75 Å². The van der Waals surface area contributed by atoms with Gasteiger partial charge in [0.15, 0.2) is 0 Å². The summed E-state index contributed by atoms with van der Waals surface area (Å²) in [7, 11) is 0. The van der Waals surface area contributed by atoms with Crippen LogP contribution in [0.1, 0.15) is 43.7 Å². The maximum atomic E-state index is 12.9.